The molecule has 0 aromatic heterocycles. The van der Waals surface area contributed by atoms with Crippen LogP contribution in [-0.2, 0) is 4.43 Å². The molecule has 0 aliphatic rings. The van der Waals surface area contributed by atoms with Crippen LogP contribution in [0.5, 0.6) is 0 Å². The van der Waals surface area contributed by atoms with Crippen LogP contribution in [0.4, 0.5) is 0 Å². The lowest BCUT2D eigenvalue weighted by Crippen LogP contribution is -2.65. The maximum atomic E-state index is 6.43. The van der Waals surface area contributed by atoms with Gasteiger partial charge in [-0.2, -0.15) is 0 Å². The number of benzene rings is 2. The summed E-state index contributed by atoms with van der Waals surface area (Å²) in [5, 5.41) is 2.59. The highest BCUT2D eigenvalue weighted by molar-refractivity contribution is 9.11. The normalized spacial score (nSPS) is 12.6. The van der Waals surface area contributed by atoms with Gasteiger partial charge >= 0.3 is 8.32 Å². The van der Waals surface area contributed by atoms with E-state index in [1.807, 2.05) is 0 Å². The van der Waals surface area contributed by atoms with Gasteiger partial charge in [0, 0.05) is 4.99 Å². The van der Waals surface area contributed by atoms with Crippen molar-refractivity contribution in [3.8, 4) is 0 Å². The maximum Gasteiger partial charge on any atom is 0.319 e. The molecule has 0 aliphatic heterocycles. The lowest BCUT2D eigenvalue weighted by molar-refractivity contribution is 0.446. The minimum Gasteiger partial charge on any atom is -0.539 e. The van der Waals surface area contributed by atoms with Crippen LogP contribution in [0.3, 0.4) is 0 Å². The number of rotatable bonds is 4. The van der Waals surface area contributed by atoms with Gasteiger partial charge in [0.05, 0.1) is 6.26 Å². The van der Waals surface area contributed by atoms with Gasteiger partial charge in [0.1, 0.15) is 0 Å². The van der Waals surface area contributed by atoms with Crippen molar-refractivity contribution in [3.63, 3.8) is 0 Å². The molecule has 0 amide bonds. The van der Waals surface area contributed by atoms with E-state index in [1.165, 1.54) is 10.4 Å². The van der Waals surface area contributed by atoms with Gasteiger partial charge < -0.3 is 4.43 Å². The Morgan fingerprint density at radius 3 is 1.62 bits per heavy atom. The van der Waals surface area contributed by atoms with Crippen molar-refractivity contribution in [2.75, 3.05) is 0 Å². The minimum absolute atomic E-state index is 0.0161. The molecule has 1 nitrogen and oxygen atoms in total. The maximum absolute atomic E-state index is 6.43. The van der Waals surface area contributed by atoms with Gasteiger partial charge in [-0.3, -0.25) is 0 Å². The Bertz CT molecular complexity index is 548. The lowest BCUT2D eigenvalue weighted by Gasteiger charge is -2.41. The summed E-state index contributed by atoms with van der Waals surface area (Å²) in [5.74, 6) is 0. The SMILES string of the molecule is CC(C)(C)[Si](O/C=C\Br)(c1ccccc1)c1ccccc1. The predicted molar refractivity (Wildman–Crippen MR) is 96.8 cm³/mol. The molecule has 2 aromatic rings. The van der Waals surface area contributed by atoms with Crippen LogP contribution < -0.4 is 10.4 Å². The fourth-order valence-electron chi connectivity index (χ4n) is 2.82. The summed E-state index contributed by atoms with van der Waals surface area (Å²) in [5.41, 5.74) is 0. The molecule has 0 saturated heterocycles. The second-order valence-electron chi connectivity index (χ2n) is 6.04. The van der Waals surface area contributed by atoms with Crippen molar-refractivity contribution in [2.45, 2.75) is 25.8 Å². The Kier molecular flexibility index (Phi) is 5.07. The van der Waals surface area contributed by atoms with Gasteiger partial charge in [-0.1, -0.05) is 97.4 Å². The van der Waals surface area contributed by atoms with E-state index in [-0.39, 0.29) is 5.04 Å². The van der Waals surface area contributed by atoms with Crippen LogP contribution in [0.2, 0.25) is 5.04 Å². The Labute approximate surface area is 136 Å². The fourth-order valence-corrected chi connectivity index (χ4v) is 7.41. The molecule has 0 saturated carbocycles. The third-order valence-electron chi connectivity index (χ3n) is 3.71. The van der Waals surface area contributed by atoms with E-state index < -0.39 is 8.32 Å². The average molecular weight is 361 g/mol. The highest BCUT2D eigenvalue weighted by Gasteiger charge is 2.51. The highest BCUT2D eigenvalue weighted by atomic mass is 79.9. The molecular formula is C18H21BrOSi. The zero-order valence-corrected chi connectivity index (χ0v) is 15.3. The first kappa shape index (κ1) is 16.1. The van der Waals surface area contributed by atoms with Gasteiger partial charge in [-0.15, -0.1) is 0 Å². The molecule has 0 heterocycles. The van der Waals surface area contributed by atoms with E-state index in [9.17, 15) is 0 Å². The second-order valence-corrected chi connectivity index (χ2v) is 10.8. The lowest BCUT2D eigenvalue weighted by atomic mass is 10.2. The summed E-state index contributed by atoms with van der Waals surface area (Å²) in [7, 11) is -2.39. The quantitative estimate of drug-likeness (QED) is 0.578. The molecule has 0 fully saturated rings. The summed E-state index contributed by atoms with van der Waals surface area (Å²) in [6.45, 7) is 6.80. The molecular weight excluding hydrogens is 340 g/mol. The van der Waals surface area contributed by atoms with Crippen LogP contribution in [-0.4, -0.2) is 8.32 Å². The van der Waals surface area contributed by atoms with Crippen LogP contribution in [0.25, 0.3) is 0 Å². The molecule has 0 bridgehead atoms. The van der Waals surface area contributed by atoms with Crippen LogP contribution in [0.1, 0.15) is 20.8 Å². The standard InChI is InChI=1S/C18H21BrOSi/c1-18(2,3)21(20-15-14-19,16-10-6-4-7-11-16)17-12-8-5-9-13-17/h4-15H,1-3H3/b15-14-. The molecule has 0 aliphatic carbocycles. The Morgan fingerprint density at radius 1 is 0.857 bits per heavy atom. The molecule has 0 atom stereocenters. The second kappa shape index (κ2) is 6.63. The van der Waals surface area contributed by atoms with E-state index >= 15 is 0 Å². The predicted octanol–water partition coefficient (Wildman–Crippen LogP) is 4.43. The fraction of sp³-hybridized carbons (Fsp3) is 0.222. The molecule has 0 radical (unpaired) electrons. The van der Waals surface area contributed by atoms with Gasteiger partial charge in [-0.05, 0) is 15.4 Å². The van der Waals surface area contributed by atoms with Gasteiger partial charge in [0.2, 0.25) is 0 Å². The van der Waals surface area contributed by atoms with E-state index in [1.54, 1.807) is 11.2 Å². The van der Waals surface area contributed by atoms with Crippen molar-refractivity contribution in [2.24, 2.45) is 0 Å². The molecule has 3 heteroatoms. The van der Waals surface area contributed by atoms with E-state index in [4.69, 9.17) is 4.43 Å². The van der Waals surface area contributed by atoms with Crippen molar-refractivity contribution in [1.29, 1.82) is 0 Å². The zero-order valence-electron chi connectivity index (χ0n) is 12.7. The first-order valence-corrected chi connectivity index (χ1v) is 9.89. The van der Waals surface area contributed by atoms with Crippen LogP contribution >= 0.6 is 15.9 Å². The molecule has 2 rings (SSSR count). The Morgan fingerprint density at radius 2 is 1.29 bits per heavy atom. The topological polar surface area (TPSA) is 9.23 Å². The van der Waals surface area contributed by atoms with Crippen LogP contribution in [0.15, 0.2) is 71.9 Å². The Hall–Kier alpha value is -1.32. The summed E-state index contributed by atoms with van der Waals surface area (Å²) in [4.78, 5) is 1.78. The first-order valence-electron chi connectivity index (χ1n) is 7.06. The molecule has 0 N–H and O–H groups in total. The van der Waals surface area contributed by atoms with Crippen molar-refractivity contribution >= 4 is 34.6 Å². The summed E-state index contributed by atoms with van der Waals surface area (Å²) < 4.78 is 6.43. The van der Waals surface area contributed by atoms with Gasteiger partial charge in [0.15, 0.2) is 0 Å². The van der Waals surface area contributed by atoms with Gasteiger partial charge in [-0.25, -0.2) is 0 Å². The minimum atomic E-state index is -2.39. The summed E-state index contributed by atoms with van der Waals surface area (Å²) in [6.07, 6.45) is 1.78. The van der Waals surface area contributed by atoms with E-state index in [0.717, 1.165) is 0 Å². The third kappa shape index (κ3) is 3.14. The summed E-state index contributed by atoms with van der Waals surface area (Å²) in [6, 6.07) is 21.2. The summed E-state index contributed by atoms with van der Waals surface area (Å²) >= 11 is 3.33. The monoisotopic (exact) mass is 360 g/mol. The van der Waals surface area contributed by atoms with Crippen LogP contribution in [0, 0.1) is 0 Å². The molecule has 110 valence electrons. The molecule has 2 aromatic carbocycles. The number of hydrogen-bond donors (Lipinski definition) is 0. The van der Waals surface area contributed by atoms with Crippen molar-refractivity contribution in [1.82, 2.24) is 0 Å². The molecule has 21 heavy (non-hydrogen) atoms. The first-order chi connectivity index (χ1) is 10.0. The van der Waals surface area contributed by atoms with Crippen molar-refractivity contribution < 1.29 is 4.43 Å². The zero-order chi connectivity index (χ0) is 15.3. The smallest absolute Gasteiger partial charge is 0.319 e. The van der Waals surface area contributed by atoms with E-state index in [2.05, 4.69) is 97.4 Å². The third-order valence-corrected chi connectivity index (χ3v) is 8.82. The molecule has 0 spiro atoms. The largest absolute Gasteiger partial charge is 0.539 e. The molecule has 0 unspecified atom stereocenters. The van der Waals surface area contributed by atoms with Gasteiger partial charge in [0.25, 0.3) is 0 Å². The van der Waals surface area contributed by atoms with E-state index in [0.29, 0.717) is 0 Å². The number of halogens is 1. The Balaban J connectivity index is 2.72. The average Bonchev–Trinajstić information content (AvgIpc) is 2.49. The van der Waals surface area contributed by atoms with Crippen molar-refractivity contribution in [3.05, 3.63) is 71.9 Å². The number of hydrogen-bond acceptors (Lipinski definition) is 1. The highest BCUT2D eigenvalue weighted by Crippen LogP contribution is 2.36.